The Hall–Kier alpha value is -1.99. The Balaban J connectivity index is 1.75. The van der Waals surface area contributed by atoms with Crippen LogP contribution in [0.15, 0.2) is 29.3 Å². The number of sulfonamides is 1. The first-order valence-electron chi connectivity index (χ1n) is 9.01. The molecule has 0 saturated carbocycles. The molecule has 6 nitrogen and oxygen atoms in total. The molecule has 1 aromatic carbocycles. The lowest BCUT2D eigenvalue weighted by Crippen LogP contribution is -2.31. The molecule has 0 amide bonds. The van der Waals surface area contributed by atoms with Crippen molar-refractivity contribution in [2.24, 2.45) is 0 Å². The zero-order chi connectivity index (χ0) is 18.7. The molecule has 26 heavy (non-hydrogen) atoms. The number of rotatable bonds is 5. The number of hydrogen-bond donors (Lipinski definition) is 1. The van der Waals surface area contributed by atoms with E-state index in [1.165, 1.54) is 6.42 Å². The van der Waals surface area contributed by atoms with Gasteiger partial charge in [-0.3, -0.25) is 0 Å². The van der Waals surface area contributed by atoms with E-state index in [2.05, 4.69) is 19.6 Å². The highest BCUT2D eigenvalue weighted by Crippen LogP contribution is 2.20. The highest BCUT2D eigenvalue weighted by atomic mass is 32.2. The monoisotopic (exact) mass is 374 g/mol. The van der Waals surface area contributed by atoms with E-state index in [-0.39, 0.29) is 6.54 Å². The van der Waals surface area contributed by atoms with E-state index in [9.17, 15) is 8.42 Å². The van der Waals surface area contributed by atoms with Crippen molar-refractivity contribution < 1.29 is 8.42 Å². The molecule has 3 rings (SSSR count). The van der Waals surface area contributed by atoms with Crippen LogP contribution in [0.5, 0.6) is 0 Å². The van der Waals surface area contributed by atoms with E-state index in [1.54, 1.807) is 18.3 Å². The third kappa shape index (κ3) is 4.22. The Bertz CT molecular complexity index is 890. The predicted molar refractivity (Wildman–Crippen MR) is 103 cm³/mol. The molecule has 0 atom stereocenters. The maximum atomic E-state index is 12.7. The molecule has 1 fully saturated rings. The second-order valence-corrected chi connectivity index (χ2v) is 8.66. The van der Waals surface area contributed by atoms with Crippen LogP contribution >= 0.6 is 0 Å². The second-order valence-electron chi connectivity index (χ2n) is 6.92. The van der Waals surface area contributed by atoms with Gasteiger partial charge >= 0.3 is 0 Å². The summed E-state index contributed by atoms with van der Waals surface area (Å²) >= 11 is 0. The molecule has 2 aromatic rings. The van der Waals surface area contributed by atoms with Crippen LogP contribution in [0.2, 0.25) is 0 Å². The van der Waals surface area contributed by atoms with Gasteiger partial charge in [0.05, 0.1) is 17.1 Å². The molecule has 0 bridgehead atoms. The van der Waals surface area contributed by atoms with E-state index in [4.69, 9.17) is 0 Å². The summed E-state index contributed by atoms with van der Waals surface area (Å²) in [6, 6.07) is 5.39. The van der Waals surface area contributed by atoms with Gasteiger partial charge in [-0.25, -0.2) is 23.1 Å². The van der Waals surface area contributed by atoms with Crippen LogP contribution in [0, 0.1) is 20.8 Å². The molecule has 0 spiro atoms. The maximum absolute atomic E-state index is 12.7. The molecule has 0 radical (unpaired) electrons. The average Bonchev–Trinajstić information content (AvgIpc) is 2.64. The molecule has 1 aliphatic heterocycles. The Morgan fingerprint density at radius 2 is 1.73 bits per heavy atom. The first-order chi connectivity index (χ1) is 12.4. The molecular weight excluding hydrogens is 348 g/mol. The normalized spacial score (nSPS) is 15.3. The van der Waals surface area contributed by atoms with E-state index in [0.29, 0.717) is 16.5 Å². The summed E-state index contributed by atoms with van der Waals surface area (Å²) < 4.78 is 28.1. The summed E-state index contributed by atoms with van der Waals surface area (Å²) in [6.07, 6.45) is 5.23. The van der Waals surface area contributed by atoms with Crippen molar-refractivity contribution in [2.75, 3.05) is 18.0 Å². The molecule has 1 saturated heterocycles. The number of benzene rings is 1. The first-order valence-corrected chi connectivity index (χ1v) is 10.5. The van der Waals surface area contributed by atoms with Gasteiger partial charge in [0.2, 0.25) is 16.0 Å². The van der Waals surface area contributed by atoms with Crippen molar-refractivity contribution in [3.63, 3.8) is 0 Å². The topological polar surface area (TPSA) is 75.2 Å². The highest BCUT2D eigenvalue weighted by molar-refractivity contribution is 7.89. The summed E-state index contributed by atoms with van der Waals surface area (Å²) in [5.41, 5.74) is 3.47. The van der Waals surface area contributed by atoms with Crippen molar-refractivity contribution in [1.82, 2.24) is 14.7 Å². The van der Waals surface area contributed by atoms with Gasteiger partial charge in [-0.05, 0) is 68.9 Å². The molecule has 1 aromatic heterocycles. The van der Waals surface area contributed by atoms with Crippen molar-refractivity contribution >= 4 is 16.0 Å². The standard InChI is InChI=1S/C19H26N4O2S/c1-14-11-16(3)18(12-15(14)2)26(24,25)21-13-17-7-8-20-19(22-17)23-9-5-4-6-10-23/h7-8,11-12,21H,4-6,9-10,13H2,1-3H3. The highest BCUT2D eigenvalue weighted by Gasteiger charge is 2.19. The maximum Gasteiger partial charge on any atom is 0.241 e. The van der Waals surface area contributed by atoms with Crippen LogP contribution in [0.25, 0.3) is 0 Å². The van der Waals surface area contributed by atoms with Gasteiger partial charge in [0, 0.05) is 19.3 Å². The summed E-state index contributed by atoms with van der Waals surface area (Å²) in [5, 5.41) is 0. The van der Waals surface area contributed by atoms with E-state index in [1.807, 2.05) is 26.8 Å². The Morgan fingerprint density at radius 1 is 1.04 bits per heavy atom. The SMILES string of the molecule is Cc1cc(C)c(S(=O)(=O)NCc2ccnc(N3CCCCC3)n2)cc1C. The predicted octanol–water partition coefficient (Wildman–Crippen LogP) is 2.87. The lowest BCUT2D eigenvalue weighted by atomic mass is 10.1. The molecule has 140 valence electrons. The van der Waals surface area contributed by atoms with Gasteiger partial charge in [0.1, 0.15) is 0 Å². The van der Waals surface area contributed by atoms with Crippen molar-refractivity contribution in [3.8, 4) is 0 Å². The number of nitrogens with one attached hydrogen (secondary N) is 1. The lowest BCUT2D eigenvalue weighted by Gasteiger charge is -2.26. The van der Waals surface area contributed by atoms with Gasteiger partial charge < -0.3 is 4.90 Å². The number of nitrogens with zero attached hydrogens (tertiary/aromatic N) is 3. The van der Waals surface area contributed by atoms with Crippen molar-refractivity contribution in [3.05, 3.63) is 46.8 Å². The fourth-order valence-electron chi connectivity index (χ4n) is 3.20. The fraction of sp³-hybridized carbons (Fsp3) is 0.474. The molecule has 7 heteroatoms. The van der Waals surface area contributed by atoms with Crippen molar-refractivity contribution in [2.45, 2.75) is 51.5 Å². The summed E-state index contributed by atoms with van der Waals surface area (Å²) in [4.78, 5) is 11.4. The lowest BCUT2D eigenvalue weighted by molar-refractivity contribution is 0.565. The molecule has 1 aliphatic rings. The van der Waals surface area contributed by atoms with Gasteiger partial charge in [0.15, 0.2) is 0 Å². The van der Waals surface area contributed by atoms with Gasteiger partial charge in [-0.2, -0.15) is 0 Å². The van der Waals surface area contributed by atoms with E-state index < -0.39 is 10.0 Å². The van der Waals surface area contributed by atoms with Crippen molar-refractivity contribution in [1.29, 1.82) is 0 Å². The summed E-state index contributed by atoms with van der Waals surface area (Å²) in [6.45, 7) is 7.78. The first kappa shape index (κ1) is 18.8. The van der Waals surface area contributed by atoms with E-state index in [0.717, 1.165) is 42.6 Å². The van der Waals surface area contributed by atoms with Crippen LogP contribution in [0.1, 0.15) is 41.6 Å². The van der Waals surface area contributed by atoms with Crippen LogP contribution in [0.3, 0.4) is 0 Å². The number of aryl methyl sites for hydroxylation is 3. The Labute approximate surface area is 155 Å². The number of piperidine rings is 1. The summed E-state index contributed by atoms with van der Waals surface area (Å²) in [7, 11) is -3.59. The molecule has 0 aliphatic carbocycles. The van der Waals surface area contributed by atoms with Gasteiger partial charge in [0.25, 0.3) is 0 Å². The largest absolute Gasteiger partial charge is 0.341 e. The zero-order valence-electron chi connectivity index (χ0n) is 15.6. The average molecular weight is 375 g/mol. The summed E-state index contributed by atoms with van der Waals surface area (Å²) in [5.74, 6) is 0.684. The third-order valence-corrected chi connectivity index (χ3v) is 6.41. The smallest absolute Gasteiger partial charge is 0.241 e. The van der Waals surface area contributed by atoms with Crippen LogP contribution < -0.4 is 9.62 Å². The van der Waals surface area contributed by atoms with Crippen LogP contribution in [0.4, 0.5) is 5.95 Å². The Kier molecular flexibility index (Phi) is 5.58. The van der Waals surface area contributed by atoms with Crippen LogP contribution in [-0.2, 0) is 16.6 Å². The molecule has 2 heterocycles. The fourth-order valence-corrected chi connectivity index (χ4v) is 4.51. The molecular formula is C19H26N4O2S. The van der Waals surface area contributed by atoms with Gasteiger partial charge in [-0.15, -0.1) is 0 Å². The Morgan fingerprint density at radius 3 is 2.46 bits per heavy atom. The third-order valence-electron chi connectivity index (χ3n) is 4.86. The zero-order valence-corrected chi connectivity index (χ0v) is 16.4. The quantitative estimate of drug-likeness (QED) is 0.871. The van der Waals surface area contributed by atoms with E-state index >= 15 is 0 Å². The molecule has 1 N–H and O–H groups in total. The number of aromatic nitrogens is 2. The van der Waals surface area contributed by atoms with Gasteiger partial charge in [-0.1, -0.05) is 6.07 Å². The van der Waals surface area contributed by atoms with Crippen LogP contribution in [-0.4, -0.2) is 31.5 Å². The number of hydrogen-bond acceptors (Lipinski definition) is 5. The minimum absolute atomic E-state index is 0.151. The molecule has 0 unspecified atom stereocenters. The minimum Gasteiger partial charge on any atom is -0.341 e. The number of anilines is 1. The minimum atomic E-state index is -3.59. The second kappa shape index (κ2) is 7.72.